The summed E-state index contributed by atoms with van der Waals surface area (Å²) < 4.78 is 2.69. The highest BCUT2D eigenvalue weighted by Gasteiger charge is 2.24. The average Bonchev–Trinajstić information content (AvgIpc) is 3.22. The van der Waals surface area contributed by atoms with Gasteiger partial charge in [0.15, 0.2) is 5.65 Å². The Morgan fingerprint density at radius 1 is 1.33 bits per heavy atom. The lowest BCUT2D eigenvalue weighted by molar-refractivity contribution is -0.117. The normalized spacial score (nSPS) is 16.2. The van der Waals surface area contributed by atoms with Crippen LogP contribution in [0.4, 0.5) is 5.69 Å². The zero-order chi connectivity index (χ0) is 21.0. The van der Waals surface area contributed by atoms with Crippen LogP contribution in [0.15, 0.2) is 29.3 Å². The van der Waals surface area contributed by atoms with Gasteiger partial charge in [0.2, 0.25) is 5.91 Å². The van der Waals surface area contributed by atoms with E-state index in [1.807, 2.05) is 32.0 Å². The molecule has 5 rings (SSSR count). The van der Waals surface area contributed by atoms with Crippen LogP contribution in [0.3, 0.4) is 0 Å². The number of benzene rings is 1. The number of fused-ring (bicyclic) bond motifs is 5. The van der Waals surface area contributed by atoms with Gasteiger partial charge < -0.3 is 5.32 Å². The van der Waals surface area contributed by atoms with E-state index in [-0.39, 0.29) is 18.1 Å². The van der Waals surface area contributed by atoms with Gasteiger partial charge in [-0.2, -0.15) is 0 Å². The molecule has 1 aliphatic carbocycles. The van der Waals surface area contributed by atoms with Gasteiger partial charge in [0.25, 0.3) is 0 Å². The number of nitrogens with zero attached hydrogens (tertiary/aromatic N) is 4. The number of hydrogen-bond donors (Lipinski definition) is 1. The van der Waals surface area contributed by atoms with Gasteiger partial charge in [-0.3, -0.25) is 4.79 Å². The lowest BCUT2D eigenvalue weighted by Crippen LogP contribution is -2.28. The van der Waals surface area contributed by atoms with Crippen molar-refractivity contribution in [3.63, 3.8) is 0 Å². The monoisotopic (exact) mass is 421 g/mol. The Labute approximate surface area is 177 Å². The number of nitrogens with one attached hydrogen (secondary N) is 1. The summed E-state index contributed by atoms with van der Waals surface area (Å²) in [5, 5.41) is 8.40. The van der Waals surface area contributed by atoms with Gasteiger partial charge in [0.1, 0.15) is 17.7 Å². The summed E-state index contributed by atoms with van der Waals surface area (Å²) in [4.78, 5) is 32.3. The fraction of sp³-hybridized carbons (Fsp3) is 0.364. The molecule has 4 aromatic rings. The van der Waals surface area contributed by atoms with Crippen LogP contribution < -0.4 is 11.0 Å². The summed E-state index contributed by atoms with van der Waals surface area (Å²) in [6, 6.07) is 5.76. The summed E-state index contributed by atoms with van der Waals surface area (Å²) in [5.41, 5.74) is 4.38. The van der Waals surface area contributed by atoms with Crippen LogP contribution in [0.5, 0.6) is 0 Å². The number of anilines is 1. The molecule has 30 heavy (non-hydrogen) atoms. The predicted molar refractivity (Wildman–Crippen MR) is 118 cm³/mol. The van der Waals surface area contributed by atoms with Crippen molar-refractivity contribution in [3.8, 4) is 0 Å². The smallest absolute Gasteiger partial charge is 0.324 e. The van der Waals surface area contributed by atoms with Crippen LogP contribution in [-0.4, -0.2) is 25.1 Å². The van der Waals surface area contributed by atoms with E-state index in [0.29, 0.717) is 11.6 Å². The summed E-state index contributed by atoms with van der Waals surface area (Å²) >= 11 is 1.70. The van der Waals surface area contributed by atoms with Crippen LogP contribution in [0.1, 0.15) is 34.9 Å². The zero-order valence-corrected chi connectivity index (χ0v) is 18.0. The van der Waals surface area contributed by atoms with Crippen molar-refractivity contribution in [1.82, 2.24) is 19.2 Å². The van der Waals surface area contributed by atoms with E-state index in [1.165, 1.54) is 25.9 Å². The molecule has 154 valence electrons. The second kappa shape index (κ2) is 7.05. The molecular weight excluding hydrogens is 398 g/mol. The Kier molecular flexibility index (Phi) is 4.47. The van der Waals surface area contributed by atoms with E-state index in [2.05, 4.69) is 22.3 Å². The maximum Gasteiger partial charge on any atom is 0.352 e. The van der Waals surface area contributed by atoms with E-state index >= 15 is 0 Å². The van der Waals surface area contributed by atoms with E-state index in [9.17, 15) is 9.59 Å². The minimum absolute atomic E-state index is 0.140. The number of carbonyl (C=O) groups is 1. The van der Waals surface area contributed by atoms with Crippen LogP contribution in [0, 0.1) is 19.8 Å². The van der Waals surface area contributed by atoms with Crippen molar-refractivity contribution in [3.05, 3.63) is 56.6 Å². The Hall–Kier alpha value is -3.00. The minimum atomic E-state index is -0.348. The Morgan fingerprint density at radius 3 is 3.00 bits per heavy atom. The van der Waals surface area contributed by atoms with Crippen molar-refractivity contribution in [2.24, 2.45) is 5.92 Å². The summed E-state index contributed by atoms with van der Waals surface area (Å²) in [6.07, 6.45) is 4.68. The summed E-state index contributed by atoms with van der Waals surface area (Å²) in [7, 11) is 0. The van der Waals surface area contributed by atoms with E-state index < -0.39 is 0 Å². The quantitative estimate of drug-likeness (QED) is 0.549. The molecule has 0 saturated carbocycles. The molecule has 7 nitrogen and oxygen atoms in total. The number of aromatic nitrogens is 4. The second-order valence-corrected chi connectivity index (χ2v) is 9.29. The number of rotatable bonds is 3. The first kappa shape index (κ1) is 19.0. The molecule has 3 heterocycles. The highest BCUT2D eigenvalue weighted by atomic mass is 32.1. The van der Waals surface area contributed by atoms with Crippen LogP contribution in [0.25, 0.3) is 15.9 Å². The van der Waals surface area contributed by atoms with E-state index in [0.717, 1.165) is 46.3 Å². The first-order chi connectivity index (χ1) is 14.4. The van der Waals surface area contributed by atoms with E-state index in [1.54, 1.807) is 11.3 Å². The van der Waals surface area contributed by atoms with Gasteiger partial charge >= 0.3 is 5.69 Å². The molecule has 1 amide bonds. The highest BCUT2D eigenvalue weighted by Crippen LogP contribution is 2.38. The Morgan fingerprint density at radius 2 is 2.17 bits per heavy atom. The number of hydrogen-bond acceptors (Lipinski definition) is 5. The number of carbonyl (C=O) groups excluding carboxylic acids is 1. The molecule has 1 aliphatic rings. The fourth-order valence-corrected chi connectivity index (χ4v) is 5.52. The summed E-state index contributed by atoms with van der Waals surface area (Å²) in [5.74, 6) is 0.384. The van der Waals surface area contributed by atoms with Gasteiger partial charge in [0.05, 0.1) is 5.39 Å². The van der Waals surface area contributed by atoms with Crippen molar-refractivity contribution >= 4 is 38.8 Å². The molecule has 0 spiro atoms. The molecule has 0 unspecified atom stereocenters. The molecule has 3 aromatic heterocycles. The third-order valence-electron chi connectivity index (χ3n) is 6.05. The van der Waals surface area contributed by atoms with E-state index in [4.69, 9.17) is 0 Å². The van der Waals surface area contributed by atoms with Crippen molar-refractivity contribution in [2.45, 2.75) is 46.6 Å². The predicted octanol–water partition coefficient (Wildman–Crippen LogP) is 3.49. The third kappa shape index (κ3) is 3.02. The minimum Gasteiger partial charge on any atom is -0.324 e. The first-order valence-corrected chi connectivity index (χ1v) is 11.0. The van der Waals surface area contributed by atoms with Gasteiger partial charge in [-0.15, -0.1) is 16.4 Å². The van der Waals surface area contributed by atoms with Crippen molar-refractivity contribution in [2.75, 3.05) is 5.32 Å². The number of aryl methyl sites for hydroxylation is 2. The topological polar surface area (TPSA) is 81.3 Å². The number of thiophene rings is 1. The lowest BCUT2D eigenvalue weighted by atomic mass is 9.89. The van der Waals surface area contributed by atoms with Crippen LogP contribution in [0.2, 0.25) is 0 Å². The summed E-state index contributed by atoms with van der Waals surface area (Å²) in [6.45, 7) is 6.09. The molecule has 0 aliphatic heterocycles. The SMILES string of the molecule is Cc1cccc(NC(=O)Cn2nc3c4c5c(sc4ncn3c2=O)C[C@@H](C)CC5)c1C. The van der Waals surface area contributed by atoms with Gasteiger partial charge in [-0.1, -0.05) is 19.1 Å². The molecule has 0 radical (unpaired) electrons. The second-order valence-electron chi connectivity index (χ2n) is 8.21. The van der Waals surface area contributed by atoms with Crippen LogP contribution in [-0.2, 0) is 24.2 Å². The lowest BCUT2D eigenvalue weighted by Gasteiger charge is -2.17. The Balaban J connectivity index is 1.52. The third-order valence-corrected chi connectivity index (χ3v) is 7.21. The molecule has 0 saturated heterocycles. The van der Waals surface area contributed by atoms with Gasteiger partial charge in [-0.25, -0.2) is 18.9 Å². The molecule has 0 fully saturated rings. The largest absolute Gasteiger partial charge is 0.352 e. The van der Waals surface area contributed by atoms with Crippen molar-refractivity contribution in [1.29, 1.82) is 0 Å². The zero-order valence-electron chi connectivity index (χ0n) is 17.2. The molecule has 1 N–H and O–H groups in total. The average molecular weight is 422 g/mol. The first-order valence-electron chi connectivity index (χ1n) is 10.2. The fourth-order valence-electron chi connectivity index (χ4n) is 4.18. The standard InChI is InChI=1S/C22H23N5O2S/c1-12-7-8-15-17(9-12)30-21-19(15)20-25-27(22(29)26(20)11-23-21)10-18(28)24-16-6-4-5-13(2)14(16)3/h4-6,11-12H,7-10H2,1-3H3,(H,24,28)/t12-/m0/s1. The molecule has 8 heteroatoms. The Bertz CT molecular complexity index is 1360. The molecule has 0 bridgehead atoms. The highest BCUT2D eigenvalue weighted by molar-refractivity contribution is 7.19. The number of amides is 1. The van der Waals surface area contributed by atoms with Gasteiger partial charge in [0, 0.05) is 10.6 Å². The van der Waals surface area contributed by atoms with Crippen LogP contribution >= 0.6 is 11.3 Å². The molecule has 1 atom stereocenters. The maximum absolute atomic E-state index is 12.9. The van der Waals surface area contributed by atoms with Gasteiger partial charge in [-0.05, 0) is 61.8 Å². The van der Waals surface area contributed by atoms with Crippen molar-refractivity contribution < 1.29 is 4.79 Å². The molecule has 1 aromatic carbocycles. The molecular formula is C22H23N5O2S. The maximum atomic E-state index is 12.9.